The van der Waals surface area contributed by atoms with Gasteiger partial charge in [-0.15, -0.1) is 0 Å². The van der Waals surface area contributed by atoms with Gasteiger partial charge in [-0.1, -0.05) is 24.3 Å². The molecule has 2 aromatic carbocycles. The van der Waals surface area contributed by atoms with E-state index >= 15 is 0 Å². The molecule has 3 aromatic rings. The molecule has 0 aliphatic heterocycles. The monoisotopic (exact) mass is 415 g/mol. The van der Waals surface area contributed by atoms with E-state index in [4.69, 9.17) is 5.26 Å². The Kier molecular flexibility index (Phi) is 6.18. The van der Waals surface area contributed by atoms with Gasteiger partial charge in [-0.05, 0) is 54.2 Å². The van der Waals surface area contributed by atoms with E-state index in [1.54, 1.807) is 0 Å². The molecule has 4 rings (SSSR count). The Balaban J connectivity index is 1.47. The molecule has 4 N–H and O–H groups in total. The lowest BCUT2D eigenvalue weighted by atomic mass is 10.0. The first-order valence-corrected chi connectivity index (χ1v) is 10.5. The molecular weight excluding hydrogens is 390 g/mol. The number of carbonyl (C=O) groups excluding carboxylic acids is 2. The molecule has 158 valence electrons. The fraction of sp³-hybridized carbons (Fsp3) is 0.292. The first-order chi connectivity index (χ1) is 15.1. The van der Waals surface area contributed by atoms with Crippen LogP contribution in [-0.2, 0) is 24.1 Å². The molecule has 1 aromatic heterocycles. The molecule has 7 nitrogen and oxygen atoms in total. The lowest BCUT2D eigenvalue weighted by Crippen LogP contribution is -2.49. The van der Waals surface area contributed by atoms with E-state index in [0.717, 1.165) is 35.7 Å². The number of nitrogens with zero attached hydrogens (tertiary/aromatic N) is 1. The van der Waals surface area contributed by atoms with Crippen LogP contribution in [0.4, 0.5) is 10.5 Å². The Hall–Kier alpha value is -3.79. The third-order valence-electron chi connectivity index (χ3n) is 5.61. The lowest BCUT2D eigenvalue weighted by Gasteiger charge is -2.19. The molecule has 31 heavy (non-hydrogen) atoms. The molecule has 0 fully saturated rings. The van der Waals surface area contributed by atoms with Crippen molar-refractivity contribution < 1.29 is 9.59 Å². The van der Waals surface area contributed by atoms with Crippen molar-refractivity contribution in [3.63, 3.8) is 0 Å². The number of amides is 3. The van der Waals surface area contributed by atoms with Gasteiger partial charge in [0, 0.05) is 35.8 Å². The van der Waals surface area contributed by atoms with Gasteiger partial charge in [0.05, 0.1) is 12.5 Å². The summed E-state index contributed by atoms with van der Waals surface area (Å²) in [5, 5.41) is 18.1. The summed E-state index contributed by atoms with van der Waals surface area (Å²) in [7, 11) is 0. The summed E-state index contributed by atoms with van der Waals surface area (Å²) in [6.45, 7) is 0.244. The van der Waals surface area contributed by atoms with Crippen molar-refractivity contribution >= 4 is 28.5 Å². The number of hydrogen-bond acceptors (Lipinski definition) is 3. The number of anilines is 1. The predicted octanol–water partition coefficient (Wildman–Crippen LogP) is 3.42. The largest absolute Gasteiger partial charge is 0.361 e. The molecule has 1 unspecified atom stereocenters. The number of urea groups is 1. The van der Waals surface area contributed by atoms with Gasteiger partial charge in [-0.25, -0.2) is 4.79 Å². The molecule has 0 saturated carbocycles. The van der Waals surface area contributed by atoms with Crippen molar-refractivity contribution in [1.82, 2.24) is 15.6 Å². The fourth-order valence-electron chi connectivity index (χ4n) is 4.07. The van der Waals surface area contributed by atoms with Gasteiger partial charge in [0.15, 0.2) is 0 Å². The standard InChI is InChI=1S/C24H25N5O2/c25-11-4-12-26-23(30)22(14-18-15-27-21-8-2-1-7-20(18)21)29-24(31)28-19-10-9-16-5-3-6-17(16)13-19/h1-2,7-10,13,15,22,27H,3-6,12,14H2,(H,26,30)(H2,28,29,31). The Morgan fingerprint density at radius 2 is 1.97 bits per heavy atom. The quantitative estimate of drug-likeness (QED) is 0.444. The molecular formula is C24H25N5O2. The van der Waals surface area contributed by atoms with Crippen molar-refractivity contribution in [2.45, 2.75) is 38.1 Å². The van der Waals surface area contributed by atoms with Gasteiger partial charge in [0.1, 0.15) is 6.04 Å². The van der Waals surface area contributed by atoms with Crippen LogP contribution < -0.4 is 16.0 Å². The van der Waals surface area contributed by atoms with Gasteiger partial charge in [0.25, 0.3) is 0 Å². The van der Waals surface area contributed by atoms with E-state index in [1.165, 1.54) is 11.1 Å². The molecule has 0 spiro atoms. The van der Waals surface area contributed by atoms with Gasteiger partial charge in [-0.2, -0.15) is 5.26 Å². The van der Waals surface area contributed by atoms with Crippen LogP contribution in [0.2, 0.25) is 0 Å². The van der Waals surface area contributed by atoms with E-state index in [2.05, 4.69) is 27.0 Å². The number of rotatable bonds is 7. The van der Waals surface area contributed by atoms with Crippen LogP contribution >= 0.6 is 0 Å². The molecule has 1 atom stereocenters. The summed E-state index contributed by atoms with van der Waals surface area (Å²) in [5.74, 6) is -0.315. The molecule has 0 radical (unpaired) electrons. The summed E-state index contributed by atoms with van der Waals surface area (Å²) < 4.78 is 0. The van der Waals surface area contributed by atoms with Crippen molar-refractivity contribution in [1.29, 1.82) is 5.26 Å². The zero-order valence-electron chi connectivity index (χ0n) is 17.2. The molecule has 1 aliphatic carbocycles. The minimum atomic E-state index is -0.771. The van der Waals surface area contributed by atoms with E-state index < -0.39 is 12.1 Å². The van der Waals surface area contributed by atoms with Crippen LogP contribution in [0.5, 0.6) is 0 Å². The maximum Gasteiger partial charge on any atom is 0.319 e. The Labute approximate surface area is 180 Å². The second-order valence-electron chi connectivity index (χ2n) is 7.75. The number of hydrogen-bond donors (Lipinski definition) is 4. The number of para-hydroxylation sites is 1. The molecule has 0 saturated heterocycles. The number of nitrogens with one attached hydrogen (secondary N) is 4. The molecule has 7 heteroatoms. The number of carbonyl (C=O) groups is 2. The number of fused-ring (bicyclic) bond motifs is 2. The van der Waals surface area contributed by atoms with Crippen LogP contribution in [0.25, 0.3) is 10.9 Å². The normalized spacial score (nSPS) is 13.3. The first kappa shape index (κ1) is 20.5. The van der Waals surface area contributed by atoms with Crippen LogP contribution in [0.15, 0.2) is 48.7 Å². The van der Waals surface area contributed by atoms with Crippen molar-refractivity contribution in [2.75, 3.05) is 11.9 Å². The highest BCUT2D eigenvalue weighted by Crippen LogP contribution is 2.25. The second-order valence-corrected chi connectivity index (χ2v) is 7.75. The van der Waals surface area contributed by atoms with Crippen LogP contribution in [0.3, 0.4) is 0 Å². The summed E-state index contributed by atoms with van der Waals surface area (Å²) >= 11 is 0. The van der Waals surface area contributed by atoms with Crippen LogP contribution in [0.1, 0.15) is 29.5 Å². The summed E-state index contributed by atoms with van der Waals surface area (Å²) in [5.41, 5.74) is 5.23. The Morgan fingerprint density at radius 1 is 1.13 bits per heavy atom. The van der Waals surface area contributed by atoms with E-state index in [9.17, 15) is 9.59 Å². The summed E-state index contributed by atoms with van der Waals surface area (Å²) in [4.78, 5) is 28.6. The zero-order chi connectivity index (χ0) is 21.6. The van der Waals surface area contributed by atoms with E-state index in [0.29, 0.717) is 12.1 Å². The number of H-pyrrole nitrogens is 1. The maximum atomic E-state index is 12.7. The number of aryl methyl sites for hydroxylation is 2. The van der Waals surface area contributed by atoms with E-state index in [1.807, 2.05) is 48.7 Å². The van der Waals surface area contributed by atoms with Gasteiger partial charge >= 0.3 is 6.03 Å². The number of aromatic amines is 1. The van der Waals surface area contributed by atoms with Crippen LogP contribution in [-0.4, -0.2) is 29.5 Å². The lowest BCUT2D eigenvalue weighted by molar-refractivity contribution is -0.122. The second kappa shape index (κ2) is 9.35. The topological polar surface area (TPSA) is 110 Å². The molecule has 3 amide bonds. The fourth-order valence-corrected chi connectivity index (χ4v) is 4.07. The third-order valence-corrected chi connectivity index (χ3v) is 5.61. The molecule has 0 bridgehead atoms. The van der Waals surface area contributed by atoms with Crippen molar-refractivity contribution in [3.05, 3.63) is 65.4 Å². The maximum absolute atomic E-state index is 12.7. The Bertz CT molecular complexity index is 1140. The van der Waals surface area contributed by atoms with E-state index in [-0.39, 0.29) is 18.9 Å². The average Bonchev–Trinajstić information content (AvgIpc) is 3.40. The van der Waals surface area contributed by atoms with Crippen molar-refractivity contribution in [2.24, 2.45) is 0 Å². The zero-order valence-corrected chi connectivity index (χ0v) is 17.2. The summed E-state index contributed by atoms with van der Waals surface area (Å²) in [6.07, 6.45) is 5.65. The van der Waals surface area contributed by atoms with Crippen LogP contribution in [0, 0.1) is 11.3 Å². The highest BCUT2D eigenvalue weighted by Gasteiger charge is 2.23. The molecule has 1 heterocycles. The third kappa shape index (κ3) is 4.86. The number of nitriles is 1. The number of benzene rings is 2. The minimum Gasteiger partial charge on any atom is -0.361 e. The van der Waals surface area contributed by atoms with Gasteiger partial charge in [0.2, 0.25) is 5.91 Å². The number of aromatic nitrogens is 1. The van der Waals surface area contributed by atoms with Crippen molar-refractivity contribution in [3.8, 4) is 6.07 Å². The summed E-state index contributed by atoms with van der Waals surface area (Å²) in [6, 6.07) is 14.6. The van der Waals surface area contributed by atoms with Gasteiger partial charge in [-0.3, -0.25) is 4.79 Å². The van der Waals surface area contributed by atoms with Gasteiger partial charge < -0.3 is 20.9 Å². The highest BCUT2D eigenvalue weighted by atomic mass is 16.2. The smallest absolute Gasteiger partial charge is 0.319 e. The molecule has 1 aliphatic rings. The first-order valence-electron chi connectivity index (χ1n) is 10.5. The SMILES string of the molecule is N#CCCNC(=O)C(Cc1c[nH]c2ccccc12)NC(=O)Nc1ccc2c(c1)CCC2. The average molecular weight is 415 g/mol. The Morgan fingerprint density at radius 3 is 2.84 bits per heavy atom. The highest BCUT2D eigenvalue weighted by molar-refractivity contribution is 5.94. The minimum absolute atomic E-state index is 0.215. The predicted molar refractivity (Wildman–Crippen MR) is 120 cm³/mol.